The summed E-state index contributed by atoms with van der Waals surface area (Å²) in [5, 5.41) is 12.0. The van der Waals surface area contributed by atoms with Gasteiger partial charge in [0.05, 0.1) is 0 Å². The highest BCUT2D eigenvalue weighted by atomic mass is 16.3. The smallest absolute Gasteiger partial charge is 0.253 e. The lowest BCUT2D eigenvalue weighted by molar-refractivity contribution is 0.0779. The standard InChI is InChI=1S/C22H31N3O2/c1-23(2)10-11-24(3)13-20-14-25(15-21(20)16-26)22(27)19-9-8-17-6-4-5-7-18(17)12-19/h4-9,12,20-21,26H,10-11,13-16H2,1-3H3/t20-,21-/m1/s1. The van der Waals surface area contributed by atoms with E-state index in [0.717, 1.165) is 36.0 Å². The molecule has 1 aliphatic heterocycles. The number of rotatable bonds is 7. The number of nitrogens with zero attached hydrogens (tertiary/aromatic N) is 3. The third-order valence-corrected chi connectivity index (χ3v) is 5.57. The maximum Gasteiger partial charge on any atom is 0.253 e. The fraction of sp³-hybridized carbons (Fsp3) is 0.500. The van der Waals surface area contributed by atoms with Crippen LogP contribution in [0.5, 0.6) is 0 Å². The molecule has 0 radical (unpaired) electrons. The zero-order chi connectivity index (χ0) is 19.4. The molecule has 0 unspecified atom stereocenters. The van der Waals surface area contributed by atoms with Gasteiger partial charge in [0.15, 0.2) is 0 Å². The minimum absolute atomic E-state index is 0.0673. The molecule has 2 atom stereocenters. The molecule has 0 saturated carbocycles. The van der Waals surface area contributed by atoms with Crippen LogP contribution in [0.4, 0.5) is 0 Å². The minimum Gasteiger partial charge on any atom is -0.396 e. The fourth-order valence-corrected chi connectivity index (χ4v) is 3.89. The van der Waals surface area contributed by atoms with Gasteiger partial charge in [-0.2, -0.15) is 0 Å². The highest BCUT2D eigenvalue weighted by Gasteiger charge is 2.35. The van der Waals surface area contributed by atoms with Crippen molar-refractivity contribution in [2.75, 3.05) is 60.5 Å². The van der Waals surface area contributed by atoms with E-state index >= 15 is 0 Å². The molecule has 0 aliphatic carbocycles. The number of aliphatic hydroxyl groups is 1. The van der Waals surface area contributed by atoms with Gasteiger partial charge in [0, 0.05) is 50.8 Å². The van der Waals surface area contributed by atoms with Crippen molar-refractivity contribution in [3.8, 4) is 0 Å². The largest absolute Gasteiger partial charge is 0.396 e. The lowest BCUT2D eigenvalue weighted by Crippen LogP contribution is -2.35. The lowest BCUT2D eigenvalue weighted by Gasteiger charge is -2.25. The maximum atomic E-state index is 13.0. The molecule has 1 N–H and O–H groups in total. The van der Waals surface area contributed by atoms with Crippen molar-refractivity contribution in [3.05, 3.63) is 48.0 Å². The van der Waals surface area contributed by atoms with Crippen LogP contribution in [0.1, 0.15) is 10.4 Å². The number of fused-ring (bicyclic) bond motifs is 1. The number of carbonyl (C=O) groups excluding carboxylic acids is 1. The SMILES string of the molecule is CN(C)CCN(C)C[C@@H]1CN(C(=O)c2ccc3ccccc3c2)C[C@@H]1CO. The molecule has 27 heavy (non-hydrogen) atoms. The molecule has 1 fully saturated rings. The van der Waals surface area contributed by atoms with E-state index in [-0.39, 0.29) is 18.4 Å². The molecule has 5 nitrogen and oxygen atoms in total. The summed E-state index contributed by atoms with van der Waals surface area (Å²) < 4.78 is 0. The van der Waals surface area contributed by atoms with Crippen LogP contribution in [-0.4, -0.2) is 86.2 Å². The number of aliphatic hydroxyl groups excluding tert-OH is 1. The second kappa shape index (κ2) is 8.83. The van der Waals surface area contributed by atoms with Crippen molar-refractivity contribution in [1.29, 1.82) is 0 Å². The third kappa shape index (κ3) is 4.86. The lowest BCUT2D eigenvalue weighted by atomic mass is 9.96. The van der Waals surface area contributed by atoms with Crippen LogP contribution < -0.4 is 0 Å². The number of hydrogen-bond donors (Lipinski definition) is 1. The Morgan fingerprint density at radius 1 is 1.04 bits per heavy atom. The molecule has 0 aromatic heterocycles. The molecule has 1 saturated heterocycles. The van der Waals surface area contributed by atoms with Crippen LogP contribution in [0.25, 0.3) is 10.8 Å². The molecule has 1 aliphatic rings. The van der Waals surface area contributed by atoms with Gasteiger partial charge in [-0.05, 0) is 50.0 Å². The highest BCUT2D eigenvalue weighted by molar-refractivity contribution is 5.98. The Kier molecular flexibility index (Phi) is 6.47. The maximum absolute atomic E-state index is 13.0. The van der Waals surface area contributed by atoms with E-state index in [9.17, 15) is 9.90 Å². The van der Waals surface area contributed by atoms with Crippen molar-refractivity contribution < 1.29 is 9.90 Å². The summed E-state index contributed by atoms with van der Waals surface area (Å²) in [6.07, 6.45) is 0. The van der Waals surface area contributed by atoms with Crippen LogP contribution in [0, 0.1) is 11.8 Å². The summed E-state index contributed by atoms with van der Waals surface area (Å²) in [6, 6.07) is 14.0. The molecule has 1 amide bonds. The van der Waals surface area contributed by atoms with Gasteiger partial charge >= 0.3 is 0 Å². The second-order valence-corrected chi connectivity index (χ2v) is 8.04. The monoisotopic (exact) mass is 369 g/mol. The van der Waals surface area contributed by atoms with Gasteiger partial charge in [0.25, 0.3) is 5.91 Å². The molecule has 146 valence electrons. The van der Waals surface area contributed by atoms with Gasteiger partial charge in [-0.3, -0.25) is 4.79 Å². The Bertz CT molecular complexity index is 777. The van der Waals surface area contributed by atoms with Crippen LogP contribution in [0.2, 0.25) is 0 Å². The van der Waals surface area contributed by atoms with Gasteiger partial charge in [0.2, 0.25) is 0 Å². The topological polar surface area (TPSA) is 47.0 Å². The Labute approximate surface area is 162 Å². The number of hydrogen-bond acceptors (Lipinski definition) is 4. The highest BCUT2D eigenvalue weighted by Crippen LogP contribution is 2.26. The number of carbonyl (C=O) groups is 1. The first-order valence-electron chi connectivity index (χ1n) is 9.70. The first-order valence-corrected chi connectivity index (χ1v) is 9.70. The molecule has 2 aromatic carbocycles. The van der Waals surface area contributed by atoms with Crippen molar-refractivity contribution in [2.24, 2.45) is 11.8 Å². The first-order chi connectivity index (χ1) is 13.0. The molecule has 0 bridgehead atoms. The Balaban J connectivity index is 1.66. The van der Waals surface area contributed by atoms with E-state index in [1.54, 1.807) is 0 Å². The van der Waals surface area contributed by atoms with Crippen molar-refractivity contribution in [3.63, 3.8) is 0 Å². The van der Waals surface area contributed by atoms with Crippen LogP contribution >= 0.6 is 0 Å². The number of likely N-dealkylation sites (N-methyl/N-ethyl adjacent to an activating group) is 2. The summed E-state index contributed by atoms with van der Waals surface area (Å²) in [4.78, 5) is 19.4. The molecule has 1 heterocycles. The van der Waals surface area contributed by atoms with E-state index in [4.69, 9.17) is 0 Å². The molecular formula is C22H31N3O2. The van der Waals surface area contributed by atoms with E-state index < -0.39 is 0 Å². The number of amides is 1. The van der Waals surface area contributed by atoms with Gasteiger partial charge in [-0.15, -0.1) is 0 Å². The van der Waals surface area contributed by atoms with Gasteiger partial charge in [-0.1, -0.05) is 30.3 Å². The van der Waals surface area contributed by atoms with Crippen LogP contribution in [-0.2, 0) is 0 Å². The van der Waals surface area contributed by atoms with E-state index in [1.807, 2.05) is 41.3 Å². The molecule has 3 rings (SSSR count). The van der Waals surface area contributed by atoms with Gasteiger partial charge < -0.3 is 19.8 Å². The first kappa shape index (κ1) is 19.8. The molecule has 2 aromatic rings. The zero-order valence-corrected chi connectivity index (χ0v) is 16.6. The van der Waals surface area contributed by atoms with Crippen molar-refractivity contribution in [2.45, 2.75) is 0 Å². The normalized spacial score (nSPS) is 20.1. The zero-order valence-electron chi connectivity index (χ0n) is 16.6. The van der Waals surface area contributed by atoms with Crippen LogP contribution in [0.3, 0.4) is 0 Å². The van der Waals surface area contributed by atoms with E-state index in [2.05, 4.69) is 37.0 Å². The Morgan fingerprint density at radius 2 is 1.74 bits per heavy atom. The summed E-state index contributed by atoms with van der Waals surface area (Å²) in [5.41, 5.74) is 0.729. The summed E-state index contributed by atoms with van der Waals surface area (Å²) in [7, 11) is 6.26. The summed E-state index contributed by atoms with van der Waals surface area (Å²) in [5.74, 6) is 0.528. The molecular weight excluding hydrogens is 338 g/mol. The Morgan fingerprint density at radius 3 is 2.44 bits per heavy atom. The molecule has 5 heteroatoms. The quantitative estimate of drug-likeness (QED) is 0.811. The molecule has 0 spiro atoms. The predicted molar refractivity (Wildman–Crippen MR) is 110 cm³/mol. The van der Waals surface area contributed by atoms with Crippen LogP contribution in [0.15, 0.2) is 42.5 Å². The predicted octanol–water partition coefficient (Wildman–Crippen LogP) is 2.01. The van der Waals surface area contributed by atoms with E-state index in [0.29, 0.717) is 19.0 Å². The number of likely N-dealkylation sites (tertiary alicyclic amines) is 1. The average Bonchev–Trinajstić information content (AvgIpc) is 3.08. The van der Waals surface area contributed by atoms with Crippen molar-refractivity contribution >= 4 is 16.7 Å². The number of benzene rings is 2. The van der Waals surface area contributed by atoms with Gasteiger partial charge in [-0.25, -0.2) is 0 Å². The minimum atomic E-state index is 0.0673. The van der Waals surface area contributed by atoms with E-state index in [1.165, 1.54) is 0 Å². The van der Waals surface area contributed by atoms with Crippen molar-refractivity contribution in [1.82, 2.24) is 14.7 Å². The third-order valence-electron chi connectivity index (χ3n) is 5.57. The Hall–Kier alpha value is -1.95. The summed E-state index contributed by atoms with van der Waals surface area (Å²) in [6.45, 7) is 4.37. The fourth-order valence-electron chi connectivity index (χ4n) is 3.89. The van der Waals surface area contributed by atoms with Gasteiger partial charge in [0.1, 0.15) is 0 Å². The second-order valence-electron chi connectivity index (χ2n) is 8.04. The average molecular weight is 370 g/mol. The summed E-state index contributed by atoms with van der Waals surface area (Å²) >= 11 is 0.